The first-order valence-corrected chi connectivity index (χ1v) is 12.0. The van der Waals surface area contributed by atoms with Gasteiger partial charge in [-0.25, -0.2) is 8.42 Å². The predicted octanol–water partition coefficient (Wildman–Crippen LogP) is 4.13. The van der Waals surface area contributed by atoms with Crippen molar-refractivity contribution in [2.75, 3.05) is 20.1 Å². The molecule has 1 amide bonds. The minimum atomic E-state index is -3.52. The van der Waals surface area contributed by atoms with Crippen molar-refractivity contribution in [2.45, 2.75) is 38.1 Å². The van der Waals surface area contributed by atoms with Crippen LogP contribution in [-0.4, -0.2) is 43.7 Å². The van der Waals surface area contributed by atoms with Crippen LogP contribution >= 0.6 is 15.9 Å². The zero-order valence-electron chi connectivity index (χ0n) is 17.1. The van der Waals surface area contributed by atoms with Gasteiger partial charge in [0.25, 0.3) is 0 Å². The second kappa shape index (κ2) is 8.98. The van der Waals surface area contributed by atoms with Gasteiger partial charge in [0.1, 0.15) is 0 Å². The van der Waals surface area contributed by atoms with Crippen molar-refractivity contribution in [3.63, 3.8) is 0 Å². The second-order valence-corrected chi connectivity index (χ2v) is 10.5. The van der Waals surface area contributed by atoms with Crippen LogP contribution in [0.25, 0.3) is 0 Å². The summed E-state index contributed by atoms with van der Waals surface area (Å²) in [5, 5.41) is 0. The van der Waals surface area contributed by atoms with E-state index < -0.39 is 10.0 Å². The maximum Gasteiger partial charge on any atom is 0.243 e. The van der Waals surface area contributed by atoms with Crippen LogP contribution in [0.5, 0.6) is 0 Å². The molecular formula is C22H27BrN2O3S. The van der Waals surface area contributed by atoms with E-state index in [0.717, 1.165) is 21.2 Å². The molecule has 0 spiro atoms. The van der Waals surface area contributed by atoms with E-state index in [0.29, 0.717) is 37.4 Å². The van der Waals surface area contributed by atoms with Gasteiger partial charge in [0.2, 0.25) is 15.9 Å². The summed E-state index contributed by atoms with van der Waals surface area (Å²) in [5.41, 5.74) is 3.09. The third kappa shape index (κ3) is 4.90. The van der Waals surface area contributed by atoms with E-state index in [9.17, 15) is 13.2 Å². The van der Waals surface area contributed by atoms with E-state index in [2.05, 4.69) is 15.9 Å². The Hall–Kier alpha value is -1.70. The molecule has 0 atom stereocenters. The number of rotatable bonds is 5. The largest absolute Gasteiger partial charge is 0.341 e. The Morgan fingerprint density at radius 2 is 1.76 bits per heavy atom. The minimum Gasteiger partial charge on any atom is -0.341 e. The van der Waals surface area contributed by atoms with Crippen molar-refractivity contribution in [1.29, 1.82) is 0 Å². The fraction of sp³-hybridized carbons (Fsp3) is 0.409. The summed E-state index contributed by atoms with van der Waals surface area (Å²) < 4.78 is 28.4. The number of nitrogens with zero attached hydrogens (tertiary/aromatic N) is 2. The lowest BCUT2D eigenvalue weighted by Crippen LogP contribution is -2.43. The molecule has 0 radical (unpaired) electrons. The predicted molar refractivity (Wildman–Crippen MR) is 118 cm³/mol. The average molecular weight is 479 g/mol. The van der Waals surface area contributed by atoms with E-state index in [4.69, 9.17) is 0 Å². The first kappa shape index (κ1) is 22.0. The van der Waals surface area contributed by atoms with E-state index in [1.807, 2.05) is 44.2 Å². The van der Waals surface area contributed by atoms with Crippen LogP contribution in [0.3, 0.4) is 0 Å². The Morgan fingerprint density at radius 1 is 1.10 bits per heavy atom. The Morgan fingerprint density at radius 3 is 2.38 bits per heavy atom. The molecule has 0 unspecified atom stereocenters. The number of amides is 1. The van der Waals surface area contributed by atoms with Crippen molar-refractivity contribution in [3.8, 4) is 0 Å². The lowest BCUT2D eigenvalue weighted by atomic mass is 9.96. The molecule has 1 saturated heterocycles. The van der Waals surface area contributed by atoms with Crippen LogP contribution in [0.4, 0.5) is 0 Å². The zero-order chi connectivity index (χ0) is 21.2. The van der Waals surface area contributed by atoms with Crippen molar-refractivity contribution < 1.29 is 13.2 Å². The molecule has 29 heavy (non-hydrogen) atoms. The highest BCUT2D eigenvalue weighted by Crippen LogP contribution is 2.27. The van der Waals surface area contributed by atoms with Gasteiger partial charge in [-0.2, -0.15) is 4.31 Å². The molecular weight excluding hydrogens is 452 g/mol. The number of halogens is 1. The van der Waals surface area contributed by atoms with E-state index in [1.165, 1.54) is 4.31 Å². The quantitative estimate of drug-likeness (QED) is 0.648. The number of hydrogen-bond donors (Lipinski definition) is 0. The average Bonchev–Trinajstić information content (AvgIpc) is 2.71. The number of carbonyl (C=O) groups excluding carboxylic acids is 1. The Labute approximate surface area is 181 Å². The lowest BCUT2D eigenvalue weighted by Gasteiger charge is -2.32. The highest BCUT2D eigenvalue weighted by Gasteiger charge is 2.33. The summed E-state index contributed by atoms with van der Waals surface area (Å²) >= 11 is 3.52. The Bertz CT molecular complexity index is 999. The van der Waals surface area contributed by atoms with Gasteiger partial charge in [-0.05, 0) is 61.6 Å². The molecule has 2 aromatic carbocycles. The number of benzene rings is 2. The van der Waals surface area contributed by atoms with Gasteiger partial charge < -0.3 is 4.90 Å². The number of carbonyl (C=O) groups is 1. The fourth-order valence-electron chi connectivity index (χ4n) is 3.64. The van der Waals surface area contributed by atoms with Gasteiger partial charge in [-0.1, -0.05) is 40.2 Å². The minimum absolute atomic E-state index is 0.0731. The molecule has 1 aliphatic heterocycles. The second-order valence-electron chi connectivity index (χ2n) is 7.71. The third-order valence-corrected chi connectivity index (χ3v) is 8.33. The number of sulfonamides is 1. The molecule has 0 bridgehead atoms. The van der Waals surface area contributed by atoms with E-state index in [1.54, 1.807) is 24.1 Å². The van der Waals surface area contributed by atoms with Crippen LogP contribution in [0.15, 0.2) is 51.8 Å². The maximum atomic E-state index is 13.0. The van der Waals surface area contributed by atoms with Gasteiger partial charge in [0, 0.05) is 37.1 Å². The molecule has 0 N–H and O–H groups in total. The van der Waals surface area contributed by atoms with Crippen LogP contribution in [0.1, 0.15) is 29.5 Å². The van der Waals surface area contributed by atoms with Gasteiger partial charge >= 0.3 is 0 Å². The maximum absolute atomic E-state index is 13.0. The molecule has 3 rings (SSSR count). The topological polar surface area (TPSA) is 57.7 Å². The first-order valence-electron chi connectivity index (χ1n) is 9.76. The molecule has 1 aliphatic rings. The van der Waals surface area contributed by atoms with Crippen LogP contribution in [0, 0.1) is 19.8 Å². The van der Waals surface area contributed by atoms with Crippen molar-refractivity contribution in [3.05, 3.63) is 63.6 Å². The van der Waals surface area contributed by atoms with Crippen LogP contribution in [-0.2, 0) is 21.4 Å². The van der Waals surface area contributed by atoms with Gasteiger partial charge in [0.05, 0.1) is 4.90 Å². The van der Waals surface area contributed by atoms with E-state index in [-0.39, 0.29) is 11.8 Å². The third-order valence-electron chi connectivity index (χ3n) is 5.66. The highest BCUT2D eigenvalue weighted by atomic mass is 79.9. The van der Waals surface area contributed by atoms with Crippen molar-refractivity contribution in [1.82, 2.24) is 9.21 Å². The smallest absolute Gasteiger partial charge is 0.243 e. The molecule has 5 nitrogen and oxygen atoms in total. The summed E-state index contributed by atoms with van der Waals surface area (Å²) in [6, 6.07) is 13.1. The molecule has 0 aliphatic carbocycles. The SMILES string of the molecule is Cc1ccc(S(=O)(=O)N2CCC(C(=O)N(C)Cc3ccccc3Br)CC2)cc1C. The molecule has 0 saturated carbocycles. The van der Waals surface area contributed by atoms with Gasteiger partial charge in [-0.3, -0.25) is 4.79 Å². The van der Waals surface area contributed by atoms with Crippen molar-refractivity contribution >= 4 is 31.9 Å². The van der Waals surface area contributed by atoms with Crippen LogP contribution in [0.2, 0.25) is 0 Å². The normalized spacial score (nSPS) is 16.0. The van der Waals surface area contributed by atoms with Gasteiger partial charge in [-0.15, -0.1) is 0 Å². The zero-order valence-corrected chi connectivity index (χ0v) is 19.5. The monoisotopic (exact) mass is 478 g/mol. The lowest BCUT2D eigenvalue weighted by molar-refractivity contribution is -0.135. The fourth-order valence-corrected chi connectivity index (χ4v) is 5.60. The number of hydrogen-bond acceptors (Lipinski definition) is 3. The van der Waals surface area contributed by atoms with E-state index >= 15 is 0 Å². The molecule has 1 heterocycles. The Kier molecular flexibility index (Phi) is 6.81. The Balaban J connectivity index is 1.62. The first-order chi connectivity index (χ1) is 13.7. The summed E-state index contributed by atoms with van der Waals surface area (Å²) in [5.74, 6) is -0.0716. The van der Waals surface area contributed by atoms with Crippen LogP contribution < -0.4 is 0 Å². The molecule has 2 aromatic rings. The summed E-state index contributed by atoms with van der Waals surface area (Å²) in [6.45, 7) is 5.15. The highest BCUT2D eigenvalue weighted by molar-refractivity contribution is 9.10. The summed E-state index contributed by atoms with van der Waals surface area (Å²) in [6.07, 6.45) is 1.09. The summed E-state index contributed by atoms with van der Waals surface area (Å²) in [7, 11) is -1.72. The summed E-state index contributed by atoms with van der Waals surface area (Å²) in [4.78, 5) is 14.9. The molecule has 0 aromatic heterocycles. The van der Waals surface area contributed by atoms with Gasteiger partial charge in [0.15, 0.2) is 0 Å². The molecule has 1 fully saturated rings. The number of aryl methyl sites for hydroxylation is 2. The molecule has 7 heteroatoms. The van der Waals surface area contributed by atoms with Crippen molar-refractivity contribution in [2.24, 2.45) is 5.92 Å². The number of piperidine rings is 1. The standard InChI is InChI=1S/C22H27BrN2O3S/c1-16-8-9-20(14-17(16)2)29(27,28)25-12-10-18(11-13-25)22(26)24(3)15-19-6-4-5-7-21(19)23/h4-9,14,18H,10-13,15H2,1-3H3. The molecule has 156 valence electrons.